The van der Waals surface area contributed by atoms with E-state index in [4.69, 9.17) is 18.9 Å². The fourth-order valence-corrected chi connectivity index (χ4v) is 5.54. The first kappa shape index (κ1) is 23.1. The summed E-state index contributed by atoms with van der Waals surface area (Å²) in [6, 6.07) is 3.45. The lowest BCUT2D eigenvalue weighted by Crippen LogP contribution is -2.39. The van der Waals surface area contributed by atoms with Gasteiger partial charge in [0, 0.05) is 0 Å². The fraction of sp³-hybridized carbons (Fsp3) is 0.500. The van der Waals surface area contributed by atoms with Gasteiger partial charge in [0.25, 0.3) is 0 Å². The number of fused-ring (bicyclic) bond motifs is 1. The number of hydrogen-bond acceptors (Lipinski definition) is 10. The molecule has 0 spiro atoms. The highest BCUT2D eigenvalue weighted by atomic mass is 32.1. The van der Waals surface area contributed by atoms with Gasteiger partial charge in [-0.05, 0) is 50.6 Å². The SMILES string of the molecule is COC(=O)C1CCN([C@H](c2cc(OC)c(OC)c(OC)c2)c2sc3nc(C)nn3c2O)CC1. The number of aromatic hydroxyl groups is 1. The van der Waals surface area contributed by atoms with Crippen molar-refractivity contribution in [3.63, 3.8) is 0 Å². The van der Waals surface area contributed by atoms with E-state index in [1.54, 1.807) is 28.3 Å². The molecule has 178 valence electrons. The molecule has 0 unspecified atom stereocenters. The van der Waals surface area contributed by atoms with Gasteiger partial charge < -0.3 is 24.1 Å². The minimum atomic E-state index is -0.328. The van der Waals surface area contributed by atoms with Crippen LogP contribution in [-0.2, 0) is 9.53 Å². The van der Waals surface area contributed by atoms with Crippen LogP contribution >= 0.6 is 11.3 Å². The second-order valence-corrected chi connectivity index (χ2v) is 8.85. The minimum Gasteiger partial charge on any atom is -0.493 e. The molecule has 10 nitrogen and oxygen atoms in total. The molecule has 0 radical (unpaired) electrons. The van der Waals surface area contributed by atoms with Crippen LogP contribution in [0.5, 0.6) is 23.1 Å². The van der Waals surface area contributed by atoms with E-state index in [1.807, 2.05) is 12.1 Å². The van der Waals surface area contributed by atoms with Crippen LogP contribution in [0.2, 0.25) is 0 Å². The van der Waals surface area contributed by atoms with Crippen LogP contribution < -0.4 is 14.2 Å². The van der Waals surface area contributed by atoms with Gasteiger partial charge in [-0.3, -0.25) is 9.69 Å². The molecular formula is C22H28N4O6S. The van der Waals surface area contributed by atoms with E-state index in [1.165, 1.54) is 23.0 Å². The topological polar surface area (TPSA) is 108 Å². The number of ether oxygens (including phenoxy) is 4. The fourth-order valence-electron chi connectivity index (χ4n) is 4.37. The van der Waals surface area contributed by atoms with Crippen LogP contribution in [-0.4, -0.2) is 72.1 Å². The number of benzene rings is 1. The van der Waals surface area contributed by atoms with Crippen molar-refractivity contribution in [2.75, 3.05) is 41.5 Å². The number of esters is 1. The van der Waals surface area contributed by atoms with Crippen LogP contribution in [0.15, 0.2) is 12.1 Å². The zero-order chi connectivity index (χ0) is 23.7. The van der Waals surface area contributed by atoms with Gasteiger partial charge in [0.1, 0.15) is 5.82 Å². The average molecular weight is 477 g/mol. The van der Waals surface area contributed by atoms with Crippen molar-refractivity contribution in [1.29, 1.82) is 0 Å². The van der Waals surface area contributed by atoms with E-state index in [0.717, 1.165) is 5.56 Å². The molecule has 1 N–H and O–H groups in total. The van der Waals surface area contributed by atoms with Gasteiger partial charge in [-0.2, -0.15) is 4.52 Å². The summed E-state index contributed by atoms with van der Waals surface area (Å²) in [4.78, 5) is 20.0. The second-order valence-electron chi connectivity index (χ2n) is 7.84. The summed E-state index contributed by atoms with van der Waals surface area (Å²) in [5.74, 6) is 1.86. The summed E-state index contributed by atoms with van der Waals surface area (Å²) in [6.45, 7) is 3.08. The molecule has 1 saturated heterocycles. The van der Waals surface area contributed by atoms with Gasteiger partial charge in [0.15, 0.2) is 11.5 Å². The van der Waals surface area contributed by atoms with E-state index in [9.17, 15) is 9.90 Å². The number of aromatic nitrogens is 3. The molecule has 1 aromatic carbocycles. The molecule has 0 bridgehead atoms. The quantitative estimate of drug-likeness (QED) is 0.515. The van der Waals surface area contributed by atoms with Crippen molar-refractivity contribution < 1.29 is 28.8 Å². The predicted octanol–water partition coefficient (Wildman–Crippen LogP) is 2.81. The minimum absolute atomic E-state index is 0.0458. The standard InChI is InChI=1S/C22H28N4O6S/c1-12-23-22-26(24-12)20(27)19(33-22)17(25-8-6-13(7-9-25)21(28)32-5)14-10-15(29-2)18(31-4)16(11-14)30-3/h10-11,13,17,27H,6-9H2,1-5H3/t17-/m1/s1. The normalized spacial score (nSPS) is 16.0. The van der Waals surface area contributed by atoms with Gasteiger partial charge in [0.05, 0.1) is 45.3 Å². The summed E-state index contributed by atoms with van der Waals surface area (Å²) in [6.07, 6.45) is 1.32. The number of aryl methyl sites for hydroxylation is 1. The van der Waals surface area contributed by atoms with Crippen LogP contribution in [0.25, 0.3) is 4.96 Å². The molecule has 3 heterocycles. The van der Waals surface area contributed by atoms with Crippen molar-refractivity contribution in [1.82, 2.24) is 19.5 Å². The smallest absolute Gasteiger partial charge is 0.308 e. The lowest BCUT2D eigenvalue weighted by molar-refractivity contribution is -0.147. The molecular weight excluding hydrogens is 448 g/mol. The monoisotopic (exact) mass is 476 g/mol. The van der Waals surface area contributed by atoms with E-state index in [2.05, 4.69) is 15.0 Å². The maximum atomic E-state index is 12.0. The van der Waals surface area contributed by atoms with Crippen LogP contribution in [0, 0.1) is 12.8 Å². The number of methoxy groups -OCH3 is 4. The number of nitrogens with zero attached hydrogens (tertiary/aromatic N) is 4. The Morgan fingerprint density at radius 1 is 1.12 bits per heavy atom. The summed E-state index contributed by atoms with van der Waals surface area (Å²) < 4.78 is 23.0. The molecule has 1 fully saturated rings. The molecule has 1 atom stereocenters. The van der Waals surface area contributed by atoms with Crippen molar-refractivity contribution in [2.45, 2.75) is 25.8 Å². The van der Waals surface area contributed by atoms with Crippen LogP contribution in [0.1, 0.15) is 35.1 Å². The first-order valence-corrected chi connectivity index (χ1v) is 11.4. The van der Waals surface area contributed by atoms with Gasteiger partial charge in [-0.1, -0.05) is 11.3 Å². The molecule has 33 heavy (non-hydrogen) atoms. The third-order valence-corrected chi connectivity index (χ3v) is 7.06. The lowest BCUT2D eigenvalue weighted by atomic mass is 9.93. The van der Waals surface area contributed by atoms with E-state index >= 15 is 0 Å². The highest BCUT2D eigenvalue weighted by Crippen LogP contribution is 2.46. The van der Waals surface area contributed by atoms with Gasteiger partial charge >= 0.3 is 5.97 Å². The Kier molecular flexibility index (Phi) is 6.61. The maximum absolute atomic E-state index is 12.0. The maximum Gasteiger partial charge on any atom is 0.308 e. The zero-order valence-corrected chi connectivity index (χ0v) is 20.1. The van der Waals surface area contributed by atoms with Crippen LogP contribution in [0.3, 0.4) is 0 Å². The first-order chi connectivity index (χ1) is 15.9. The molecule has 1 aliphatic heterocycles. The number of carbonyl (C=O) groups excluding carboxylic acids is 1. The number of thiazole rings is 1. The van der Waals surface area contributed by atoms with Crippen LogP contribution in [0.4, 0.5) is 0 Å². The molecule has 11 heteroatoms. The predicted molar refractivity (Wildman–Crippen MR) is 122 cm³/mol. The summed E-state index contributed by atoms with van der Waals surface area (Å²) in [5, 5.41) is 15.4. The summed E-state index contributed by atoms with van der Waals surface area (Å²) in [5.41, 5.74) is 0.859. The molecule has 0 saturated carbocycles. The molecule has 0 amide bonds. The summed E-state index contributed by atoms with van der Waals surface area (Å²) in [7, 11) is 6.12. The number of rotatable bonds is 7. The number of carbonyl (C=O) groups is 1. The van der Waals surface area contributed by atoms with Crippen molar-refractivity contribution in [3.8, 4) is 23.1 Å². The van der Waals surface area contributed by atoms with Gasteiger partial charge in [-0.25, -0.2) is 4.98 Å². The van der Waals surface area contributed by atoms with Crippen molar-refractivity contribution in [3.05, 3.63) is 28.4 Å². The Labute approximate surface area is 195 Å². The highest BCUT2D eigenvalue weighted by molar-refractivity contribution is 7.17. The first-order valence-electron chi connectivity index (χ1n) is 10.6. The Bertz CT molecular complexity index is 1130. The summed E-state index contributed by atoms with van der Waals surface area (Å²) >= 11 is 1.38. The third kappa shape index (κ3) is 4.18. The molecule has 2 aromatic heterocycles. The van der Waals surface area contributed by atoms with E-state index < -0.39 is 0 Å². The molecule has 1 aliphatic rings. The second kappa shape index (κ2) is 9.44. The Morgan fingerprint density at radius 3 is 2.27 bits per heavy atom. The number of likely N-dealkylation sites (tertiary alicyclic amines) is 1. The van der Waals surface area contributed by atoms with Crippen molar-refractivity contribution >= 4 is 22.3 Å². The Hall–Kier alpha value is -3.05. The number of piperidine rings is 1. The van der Waals surface area contributed by atoms with E-state index in [0.29, 0.717) is 58.8 Å². The van der Waals surface area contributed by atoms with E-state index in [-0.39, 0.29) is 23.8 Å². The van der Waals surface area contributed by atoms with Gasteiger partial charge in [-0.15, -0.1) is 5.10 Å². The Balaban J connectivity index is 1.81. The largest absolute Gasteiger partial charge is 0.493 e. The molecule has 0 aliphatic carbocycles. The number of hydrogen-bond donors (Lipinski definition) is 1. The zero-order valence-electron chi connectivity index (χ0n) is 19.3. The van der Waals surface area contributed by atoms with Gasteiger partial charge in [0.2, 0.25) is 16.6 Å². The average Bonchev–Trinajstić information content (AvgIpc) is 3.35. The third-order valence-electron chi connectivity index (χ3n) is 5.99. The van der Waals surface area contributed by atoms with Crippen molar-refractivity contribution in [2.24, 2.45) is 5.92 Å². The molecule has 3 aromatic rings. The molecule has 4 rings (SSSR count). The highest BCUT2D eigenvalue weighted by Gasteiger charge is 2.35. The lowest BCUT2D eigenvalue weighted by Gasteiger charge is -2.36. The Morgan fingerprint density at radius 2 is 1.76 bits per heavy atom.